The van der Waals surface area contributed by atoms with Gasteiger partial charge in [0.25, 0.3) is 5.91 Å². The molecule has 0 saturated heterocycles. The number of anilines is 1. The van der Waals surface area contributed by atoms with Crippen LogP contribution in [0.2, 0.25) is 5.02 Å². The van der Waals surface area contributed by atoms with E-state index in [1.54, 1.807) is 29.3 Å². The molecule has 1 aliphatic heterocycles. The van der Waals surface area contributed by atoms with Gasteiger partial charge in [0.15, 0.2) is 5.78 Å². The van der Waals surface area contributed by atoms with E-state index in [-0.39, 0.29) is 11.7 Å². The fraction of sp³-hybridized carbons (Fsp3) is 0.0870. The lowest BCUT2D eigenvalue weighted by Crippen LogP contribution is -2.28. The fourth-order valence-corrected chi connectivity index (χ4v) is 3.60. The van der Waals surface area contributed by atoms with Gasteiger partial charge in [-0.25, -0.2) is 0 Å². The zero-order valence-electron chi connectivity index (χ0n) is 15.0. The highest BCUT2D eigenvalue weighted by Crippen LogP contribution is 2.41. The highest BCUT2D eigenvalue weighted by atomic mass is 35.5. The van der Waals surface area contributed by atoms with E-state index in [0.717, 1.165) is 11.3 Å². The second-order valence-electron chi connectivity index (χ2n) is 6.49. The first kappa shape index (κ1) is 18.1. The van der Waals surface area contributed by atoms with E-state index in [9.17, 15) is 9.59 Å². The lowest BCUT2D eigenvalue weighted by Gasteiger charge is -2.17. The van der Waals surface area contributed by atoms with Gasteiger partial charge in [0.2, 0.25) is 0 Å². The SMILES string of the molecule is O=C(/C=C1/C(=O)N(CCc2ccccc2)c2cccc(Cl)c21)c1cccnc1. The van der Waals surface area contributed by atoms with Gasteiger partial charge in [0.1, 0.15) is 0 Å². The first-order valence-electron chi connectivity index (χ1n) is 8.96. The average molecular weight is 389 g/mol. The van der Waals surface area contributed by atoms with Crippen LogP contribution in [-0.2, 0) is 11.2 Å². The molecule has 0 radical (unpaired) electrons. The first-order valence-corrected chi connectivity index (χ1v) is 9.33. The van der Waals surface area contributed by atoms with Gasteiger partial charge in [0, 0.05) is 30.1 Å². The summed E-state index contributed by atoms with van der Waals surface area (Å²) in [5, 5.41) is 0.457. The maximum Gasteiger partial charge on any atom is 0.259 e. The number of hydrogen-bond donors (Lipinski definition) is 0. The smallest absolute Gasteiger partial charge is 0.259 e. The zero-order chi connectivity index (χ0) is 19.5. The topological polar surface area (TPSA) is 50.3 Å². The van der Waals surface area contributed by atoms with Crippen molar-refractivity contribution in [3.05, 3.63) is 101 Å². The summed E-state index contributed by atoms with van der Waals surface area (Å²) in [6.45, 7) is 0.509. The van der Waals surface area contributed by atoms with Crippen molar-refractivity contribution in [1.82, 2.24) is 4.98 Å². The third kappa shape index (κ3) is 3.47. The molecule has 0 atom stereocenters. The number of hydrogen-bond acceptors (Lipinski definition) is 3. The van der Waals surface area contributed by atoms with Crippen molar-refractivity contribution >= 4 is 34.6 Å². The van der Waals surface area contributed by atoms with Crippen LogP contribution in [0.3, 0.4) is 0 Å². The van der Waals surface area contributed by atoms with Crippen molar-refractivity contribution in [3.8, 4) is 0 Å². The van der Waals surface area contributed by atoms with Crippen molar-refractivity contribution in [2.45, 2.75) is 6.42 Å². The average Bonchev–Trinajstić information content (AvgIpc) is 3.00. The van der Waals surface area contributed by atoms with E-state index >= 15 is 0 Å². The van der Waals surface area contributed by atoms with Crippen LogP contribution in [-0.4, -0.2) is 23.2 Å². The summed E-state index contributed by atoms with van der Waals surface area (Å²) in [6, 6.07) is 18.7. The highest BCUT2D eigenvalue weighted by Gasteiger charge is 2.34. The van der Waals surface area contributed by atoms with Gasteiger partial charge in [-0.2, -0.15) is 0 Å². The van der Waals surface area contributed by atoms with Gasteiger partial charge < -0.3 is 4.90 Å². The Kier molecular flexibility index (Phi) is 5.04. The minimum atomic E-state index is -0.271. The number of amides is 1. The molecule has 0 fully saturated rings. The van der Waals surface area contributed by atoms with Crippen molar-refractivity contribution in [3.63, 3.8) is 0 Å². The number of benzene rings is 2. The van der Waals surface area contributed by atoms with Crippen molar-refractivity contribution < 1.29 is 9.59 Å². The third-order valence-electron chi connectivity index (χ3n) is 4.72. The number of fused-ring (bicyclic) bond motifs is 1. The Balaban J connectivity index is 1.68. The molecule has 4 rings (SSSR count). The van der Waals surface area contributed by atoms with Crippen LogP contribution >= 0.6 is 11.6 Å². The van der Waals surface area contributed by atoms with Crippen LogP contribution in [0.15, 0.2) is 79.1 Å². The second kappa shape index (κ2) is 7.79. The summed E-state index contributed by atoms with van der Waals surface area (Å²) in [5.41, 5.74) is 3.24. The lowest BCUT2D eigenvalue weighted by molar-refractivity contribution is -0.113. The van der Waals surface area contributed by atoms with Crippen LogP contribution in [0.4, 0.5) is 5.69 Å². The van der Waals surface area contributed by atoms with Crippen LogP contribution < -0.4 is 4.90 Å². The van der Waals surface area contributed by atoms with E-state index < -0.39 is 0 Å². The van der Waals surface area contributed by atoms with E-state index in [2.05, 4.69) is 4.98 Å². The normalized spacial score (nSPS) is 14.4. The van der Waals surface area contributed by atoms with E-state index in [4.69, 9.17) is 11.6 Å². The first-order chi connectivity index (χ1) is 13.6. The molecule has 138 valence electrons. The maximum atomic E-state index is 13.1. The molecular formula is C23H17ClN2O2. The Morgan fingerprint density at radius 2 is 1.86 bits per heavy atom. The molecule has 0 bridgehead atoms. The summed E-state index contributed by atoms with van der Waals surface area (Å²) in [7, 11) is 0. The Labute approximate surface area is 168 Å². The molecule has 0 unspecified atom stereocenters. The van der Waals surface area contributed by atoms with Crippen LogP contribution in [0.1, 0.15) is 21.5 Å². The monoisotopic (exact) mass is 388 g/mol. The van der Waals surface area contributed by atoms with Crippen molar-refractivity contribution in [1.29, 1.82) is 0 Å². The van der Waals surface area contributed by atoms with E-state index in [0.29, 0.717) is 34.7 Å². The number of halogens is 1. The Morgan fingerprint density at radius 3 is 2.61 bits per heavy atom. The summed E-state index contributed by atoms with van der Waals surface area (Å²) >= 11 is 6.40. The minimum Gasteiger partial charge on any atom is -0.307 e. The molecule has 4 nitrogen and oxygen atoms in total. The maximum absolute atomic E-state index is 13.1. The zero-order valence-corrected chi connectivity index (χ0v) is 15.8. The van der Waals surface area contributed by atoms with Gasteiger partial charge in [-0.1, -0.05) is 48.0 Å². The Morgan fingerprint density at radius 1 is 1.04 bits per heavy atom. The highest BCUT2D eigenvalue weighted by molar-refractivity contribution is 6.42. The summed E-state index contributed by atoms with van der Waals surface area (Å²) < 4.78 is 0. The van der Waals surface area contributed by atoms with E-state index in [1.165, 1.54) is 12.3 Å². The van der Waals surface area contributed by atoms with Gasteiger partial charge >= 0.3 is 0 Å². The van der Waals surface area contributed by atoms with Crippen LogP contribution in [0.5, 0.6) is 0 Å². The summed E-state index contributed by atoms with van der Waals surface area (Å²) in [6.07, 6.45) is 5.16. The third-order valence-corrected chi connectivity index (χ3v) is 5.03. The van der Waals surface area contributed by atoms with E-state index in [1.807, 2.05) is 42.5 Å². The molecule has 1 amide bonds. The van der Waals surface area contributed by atoms with Gasteiger partial charge in [-0.3, -0.25) is 14.6 Å². The molecular weight excluding hydrogens is 372 g/mol. The van der Waals surface area contributed by atoms with Crippen molar-refractivity contribution in [2.75, 3.05) is 11.4 Å². The number of carbonyl (C=O) groups excluding carboxylic acids is 2. The molecule has 5 heteroatoms. The molecule has 0 saturated carbocycles. The molecule has 0 aliphatic carbocycles. The van der Waals surface area contributed by atoms with Gasteiger partial charge in [-0.05, 0) is 42.3 Å². The predicted octanol–water partition coefficient (Wildman–Crippen LogP) is 4.59. The number of ketones is 1. The molecule has 3 aromatic rings. The van der Waals surface area contributed by atoms with Gasteiger partial charge in [-0.15, -0.1) is 0 Å². The molecule has 1 aliphatic rings. The Bertz CT molecular complexity index is 1060. The van der Waals surface area contributed by atoms with Gasteiger partial charge in [0.05, 0.1) is 16.3 Å². The predicted molar refractivity (Wildman–Crippen MR) is 110 cm³/mol. The largest absolute Gasteiger partial charge is 0.307 e. The standard InChI is InChI=1S/C23H17ClN2O2/c24-19-9-4-10-20-22(19)18(14-21(27)17-8-5-12-25-15-17)23(28)26(20)13-11-16-6-2-1-3-7-16/h1-10,12,14-15H,11,13H2/b18-14+. The van der Waals surface area contributed by atoms with Crippen LogP contribution in [0.25, 0.3) is 5.57 Å². The number of pyridine rings is 1. The molecule has 28 heavy (non-hydrogen) atoms. The fourth-order valence-electron chi connectivity index (χ4n) is 3.33. The lowest BCUT2D eigenvalue weighted by atomic mass is 10.0. The number of carbonyl (C=O) groups is 2. The quantitative estimate of drug-likeness (QED) is 0.474. The molecule has 2 aromatic carbocycles. The Hall–Kier alpha value is -3.24. The number of aromatic nitrogens is 1. The molecule has 0 N–H and O–H groups in total. The molecule has 1 aromatic heterocycles. The number of allylic oxidation sites excluding steroid dienone is 1. The minimum absolute atomic E-state index is 0.212. The second-order valence-corrected chi connectivity index (χ2v) is 6.90. The molecule has 0 spiro atoms. The molecule has 2 heterocycles. The number of nitrogens with zero attached hydrogens (tertiary/aromatic N) is 2. The summed E-state index contributed by atoms with van der Waals surface area (Å²) in [5.74, 6) is -0.483. The summed E-state index contributed by atoms with van der Waals surface area (Å²) in [4.78, 5) is 31.4. The van der Waals surface area contributed by atoms with Crippen LogP contribution in [0, 0.1) is 0 Å². The number of rotatable bonds is 5. The van der Waals surface area contributed by atoms with Crippen molar-refractivity contribution in [2.24, 2.45) is 0 Å².